The first-order chi connectivity index (χ1) is 20.0. The number of carbonyl (C=O) groups excluding carboxylic acids is 2. The van der Waals surface area contributed by atoms with Crippen molar-refractivity contribution in [3.05, 3.63) is 101 Å². The molecule has 0 heterocycles. The number of nitrogens with zero attached hydrogens (tertiary/aromatic N) is 2. The molecule has 42 heavy (non-hydrogen) atoms. The smallest absolute Gasteiger partial charge is 0.244 e. The van der Waals surface area contributed by atoms with Crippen molar-refractivity contribution in [1.82, 2.24) is 10.2 Å². The van der Waals surface area contributed by atoms with Gasteiger partial charge in [-0.3, -0.25) is 13.9 Å². The van der Waals surface area contributed by atoms with Gasteiger partial charge in [-0.1, -0.05) is 86.0 Å². The normalized spacial score (nSPS) is 14.7. The average Bonchev–Trinajstić information content (AvgIpc) is 2.96. The van der Waals surface area contributed by atoms with Gasteiger partial charge in [0.25, 0.3) is 0 Å². The molecule has 3 aromatic carbocycles. The zero-order valence-corrected chi connectivity index (χ0v) is 26.0. The van der Waals surface area contributed by atoms with E-state index in [0.717, 1.165) is 66.2 Å². The van der Waals surface area contributed by atoms with Crippen LogP contribution in [0.15, 0.2) is 72.8 Å². The Morgan fingerprint density at radius 3 is 2.21 bits per heavy atom. The molecule has 0 spiro atoms. The summed E-state index contributed by atoms with van der Waals surface area (Å²) >= 11 is 0. The van der Waals surface area contributed by atoms with Crippen molar-refractivity contribution in [1.29, 1.82) is 0 Å². The summed E-state index contributed by atoms with van der Waals surface area (Å²) in [7, 11) is -3.81. The van der Waals surface area contributed by atoms with Crippen LogP contribution in [0.4, 0.5) is 5.69 Å². The molecule has 7 nitrogen and oxygen atoms in total. The van der Waals surface area contributed by atoms with E-state index in [1.54, 1.807) is 11.0 Å². The maximum absolute atomic E-state index is 14.4. The minimum Gasteiger partial charge on any atom is -0.352 e. The van der Waals surface area contributed by atoms with Gasteiger partial charge in [-0.25, -0.2) is 8.42 Å². The summed E-state index contributed by atoms with van der Waals surface area (Å²) < 4.78 is 27.4. The number of benzene rings is 3. The highest BCUT2D eigenvalue weighted by atomic mass is 32.2. The van der Waals surface area contributed by atoms with Crippen LogP contribution in [0, 0.1) is 20.8 Å². The fourth-order valence-corrected chi connectivity index (χ4v) is 6.55. The van der Waals surface area contributed by atoms with Crippen molar-refractivity contribution in [2.75, 3.05) is 17.1 Å². The van der Waals surface area contributed by atoms with Crippen LogP contribution in [0.2, 0.25) is 0 Å². The second-order valence-electron chi connectivity index (χ2n) is 11.6. The SMILES string of the molecule is Cc1ccc(C)c(N(CC(=O)N(Cc2ccccc2C)C(Cc2ccccc2)C(=O)NC2CCCCC2)S(C)(=O)=O)c1. The number of amides is 2. The molecule has 0 aromatic heterocycles. The molecule has 1 aliphatic carbocycles. The first-order valence-corrected chi connectivity index (χ1v) is 16.6. The molecule has 224 valence electrons. The van der Waals surface area contributed by atoms with E-state index >= 15 is 0 Å². The molecule has 1 unspecified atom stereocenters. The predicted octanol–water partition coefficient (Wildman–Crippen LogP) is 5.47. The van der Waals surface area contributed by atoms with Crippen LogP contribution >= 0.6 is 0 Å². The summed E-state index contributed by atoms with van der Waals surface area (Å²) in [6, 6.07) is 22.3. The van der Waals surface area contributed by atoms with Crippen LogP contribution in [0.3, 0.4) is 0 Å². The molecule has 1 aliphatic rings. The van der Waals surface area contributed by atoms with E-state index < -0.39 is 28.5 Å². The predicted molar refractivity (Wildman–Crippen MR) is 169 cm³/mol. The van der Waals surface area contributed by atoms with Gasteiger partial charge < -0.3 is 10.2 Å². The molecule has 1 fully saturated rings. The maximum Gasteiger partial charge on any atom is 0.244 e. The first-order valence-electron chi connectivity index (χ1n) is 14.8. The van der Waals surface area contributed by atoms with E-state index in [2.05, 4.69) is 5.32 Å². The molecule has 3 aromatic rings. The highest BCUT2D eigenvalue weighted by molar-refractivity contribution is 7.92. The standard InChI is InChI=1S/C34H43N3O4S/c1-25-19-20-27(3)31(21-25)37(42(4,40)41)24-33(38)36(23-29-16-12-11-13-26(29)2)32(22-28-14-7-5-8-15-28)34(39)35-30-17-9-6-10-18-30/h5,7-8,11-16,19-21,30,32H,6,9-10,17-18,22-24H2,1-4H3,(H,35,39). The van der Waals surface area contributed by atoms with Crippen molar-refractivity contribution < 1.29 is 18.0 Å². The minimum atomic E-state index is -3.81. The third-order valence-corrected chi connectivity index (χ3v) is 9.26. The minimum absolute atomic E-state index is 0.0717. The lowest BCUT2D eigenvalue weighted by atomic mass is 9.94. The molecule has 0 aliphatic heterocycles. The quantitative estimate of drug-likeness (QED) is 0.322. The second-order valence-corrected chi connectivity index (χ2v) is 13.5. The van der Waals surface area contributed by atoms with Gasteiger partial charge in [0.05, 0.1) is 11.9 Å². The zero-order chi connectivity index (χ0) is 30.3. The van der Waals surface area contributed by atoms with Crippen molar-refractivity contribution in [3.8, 4) is 0 Å². The topological polar surface area (TPSA) is 86.8 Å². The Morgan fingerprint density at radius 2 is 1.55 bits per heavy atom. The fraction of sp³-hybridized carbons (Fsp3) is 0.412. The molecule has 0 bridgehead atoms. The molecule has 2 amide bonds. The number of nitrogens with one attached hydrogen (secondary N) is 1. The van der Waals surface area contributed by atoms with Gasteiger partial charge in [0.15, 0.2) is 0 Å². The summed E-state index contributed by atoms with van der Waals surface area (Å²) in [6.45, 7) is 5.48. The number of aryl methyl sites for hydroxylation is 3. The Hall–Kier alpha value is -3.65. The van der Waals surface area contributed by atoms with E-state index in [-0.39, 0.29) is 18.5 Å². The highest BCUT2D eigenvalue weighted by Gasteiger charge is 2.34. The Bertz CT molecular complexity index is 1480. The monoisotopic (exact) mass is 589 g/mol. The van der Waals surface area contributed by atoms with Crippen molar-refractivity contribution in [2.24, 2.45) is 0 Å². The Morgan fingerprint density at radius 1 is 0.881 bits per heavy atom. The number of rotatable bonds is 11. The van der Waals surface area contributed by atoms with Gasteiger partial charge >= 0.3 is 0 Å². The van der Waals surface area contributed by atoms with Crippen LogP contribution in [0.25, 0.3) is 0 Å². The number of hydrogen-bond donors (Lipinski definition) is 1. The van der Waals surface area contributed by atoms with E-state index in [1.807, 2.05) is 87.5 Å². The van der Waals surface area contributed by atoms with Crippen LogP contribution in [-0.4, -0.2) is 50.0 Å². The number of sulfonamides is 1. The van der Waals surface area contributed by atoms with Gasteiger partial charge in [-0.05, 0) is 67.5 Å². The summed E-state index contributed by atoms with van der Waals surface area (Å²) in [6.07, 6.45) is 6.58. The van der Waals surface area contributed by atoms with Crippen LogP contribution < -0.4 is 9.62 Å². The second kappa shape index (κ2) is 14.0. The number of anilines is 1. The molecule has 1 saturated carbocycles. The van der Waals surface area contributed by atoms with E-state index in [4.69, 9.17) is 0 Å². The summed E-state index contributed by atoms with van der Waals surface area (Å²) in [5.74, 6) is -0.630. The molecule has 0 saturated heterocycles. The molecule has 0 radical (unpaired) electrons. The van der Waals surface area contributed by atoms with Crippen molar-refractivity contribution in [3.63, 3.8) is 0 Å². The van der Waals surface area contributed by atoms with Crippen molar-refractivity contribution in [2.45, 2.75) is 77.9 Å². The lowest BCUT2D eigenvalue weighted by molar-refractivity contribution is -0.140. The van der Waals surface area contributed by atoms with Gasteiger partial charge in [0.2, 0.25) is 21.8 Å². The zero-order valence-electron chi connectivity index (χ0n) is 25.2. The highest BCUT2D eigenvalue weighted by Crippen LogP contribution is 2.26. The van der Waals surface area contributed by atoms with Gasteiger partial charge in [-0.2, -0.15) is 0 Å². The third kappa shape index (κ3) is 8.22. The van der Waals surface area contributed by atoms with Crippen LogP contribution in [0.5, 0.6) is 0 Å². The average molecular weight is 590 g/mol. The lowest BCUT2D eigenvalue weighted by Gasteiger charge is -2.35. The molecular formula is C34H43N3O4S. The van der Waals surface area contributed by atoms with Crippen LogP contribution in [0.1, 0.15) is 59.9 Å². The summed E-state index contributed by atoms with van der Waals surface area (Å²) in [5.41, 5.74) is 4.94. The molecule has 4 rings (SSSR count). The first kappa shape index (κ1) is 31.3. The van der Waals surface area contributed by atoms with Gasteiger partial charge in [0.1, 0.15) is 12.6 Å². The summed E-state index contributed by atoms with van der Waals surface area (Å²) in [5, 5.41) is 3.24. The lowest BCUT2D eigenvalue weighted by Crippen LogP contribution is -2.55. The Balaban J connectivity index is 1.75. The Labute approximate surface area is 251 Å². The largest absolute Gasteiger partial charge is 0.352 e. The number of carbonyl (C=O) groups is 2. The third-order valence-electron chi connectivity index (χ3n) is 8.14. The molecule has 1 atom stereocenters. The molecule has 1 N–H and O–H groups in total. The van der Waals surface area contributed by atoms with Gasteiger partial charge in [-0.15, -0.1) is 0 Å². The summed E-state index contributed by atoms with van der Waals surface area (Å²) in [4.78, 5) is 30.0. The van der Waals surface area contributed by atoms with Gasteiger partial charge in [0, 0.05) is 19.0 Å². The Kier molecular flexibility index (Phi) is 10.4. The van der Waals surface area contributed by atoms with Crippen molar-refractivity contribution >= 4 is 27.5 Å². The number of hydrogen-bond acceptors (Lipinski definition) is 4. The van der Waals surface area contributed by atoms with E-state index in [1.165, 1.54) is 4.31 Å². The molecular weight excluding hydrogens is 546 g/mol. The van der Waals surface area contributed by atoms with E-state index in [0.29, 0.717) is 12.1 Å². The van der Waals surface area contributed by atoms with E-state index in [9.17, 15) is 18.0 Å². The molecule has 8 heteroatoms. The fourth-order valence-electron chi connectivity index (χ4n) is 5.65. The maximum atomic E-state index is 14.4. The van der Waals surface area contributed by atoms with Crippen LogP contribution in [-0.2, 0) is 32.6 Å².